The lowest BCUT2D eigenvalue weighted by atomic mass is 9.75. The van der Waals surface area contributed by atoms with Crippen LogP contribution < -0.4 is 0 Å². The Balaban J connectivity index is 1.51. The number of esters is 2. The fourth-order valence-corrected chi connectivity index (χ4v) is 6.17. The third-order valence-corrected chi connectivity index (χ3v) is 8.83. The number of carbonyl (C=O) groups excluding carboxylic acids is 2. The molecule has 230 valence electrons. The highest BCUT2D eigenvalue weighted by Crippen LogP contribution is 2.40. The lowest BCUT2D eigenvalue weighted by Crippen LogP contribution is -2.20. The van der Waals surface area contributed by atoms with Crippen molar-refractivity contribution in [3.05, 3.63) is 71.8 Å². The van der Waals surface area contributed by atoms with Crippen LogP contribution in [0.3, 0.4) is 0 Å². The number of aliphatic hydroxyl groups is 1. The summed E-state index contributed by atoms with van der Waals surface area (Å²) in [5.74, 6) is 0.547. The molecule has 2 aromatic rings. The number of unbranched alkanes of at least 4 members (excludes halogenated alkanes) is 4. The van der Waals surface area contributed by atoms with Gasteiger partial charge in [-0.25, -0.2) is 9.59 Å². The summed E-state index contributed by atoms with van der Waals surface area (Å²) in [6.45, 7) is 11.3. The molecular weight excluding hydrogens is 524 g/mol. The number of hydrogen-bond acceptors (Lipinski definition) is 5. The van der Waals surface area contributed by atoms with E-state index in [9.17, 15) is 9.59 Å². The second kappa shape index (κ2) is 17.9. The summed E-state index contributed by atoms with van der Waals surface area (Å²) in [6.07, 6.45) is 14.9. The standard InChI is InChI=1S/C37H52O5/c1-5-6-7-8-9-10-29-13-16-35-25-34(18-17-33(35)24-29)32-14-11-30(12-15-32)23-31(19-21-41-36(39)27(2)3)20-22-42-37(40)28(4)26-38/h13,16-18,24-25,30-32,38H,2,4-12,14-15,19-23,26H2,1,3H3. The molecule has 0 saturated heterocycles. The normalized spacial score (nSPS) is 17.5. The Kier molecular flexibility index (Phi) is 14.3. The van der Waals surface area contributed by atoms with Gasteiger partial charge in [0.2, 0.25) is 0 Å². The second-order valence-electron chi connectivity index (χ2n) is 12.3. The third kappa shape index (κ3) is 11.1. The largest absolute Gasteiger partial charge is 0.462 e. The van der Waals surface area contributed by atoms with Gasteiger partial charge in [0.1, 0.15) is 0 Å². The molecule has 1 saturated carbocycles. The average molecular weight is 577 g/mol. The van der Waals surface area contributed by atoms with E-state index in [0.29, 0.717) is 30.4 Å². The van der Waals surface area contributed by atoms with E-state index in [1.807, 2.05) is 0 Å². The van der Waals surface area contributed by atoms with Crippen LogP contribution in [0.5, 0.6) is 0 Å². The predicted octanol–water partition coefficient (Wildman–Crippen LogP) is 8.62. The summed E-state index contributed by atoms with van der Waals surface area (Å²) in [4.78, 5) is 23.7. The molecule has 3 rings (SSSR count). The first-order valence-corrected chi connectivity index (χ1v) is 16.1. The zero-order valence-electron chi connectivity index (χ0n) is 26.0. The Morgan fingerprint density at radius 1 is 0.881 bits per heavy atom. The van der Waals surface area contributed by atoms with E-state index >= 15 is 0 Å². The molecular formula is C37H52O5. The first kappa shape index (κ1) is 33.6. The van der Waals surface area contributed by atoms with Crippen LogP contribution in [-0.2, 0) is 25.5 Å². The number of rotatable bonds is 18. The van der Waals surface area contributed by atoms with Crippen molar-refractivity contribution in [1.29, 1.82) is 0 Å². The fourth-order valence-electron chi connectivity index (χ4n) is 6.17. The van der Waals surface area contributed by atoms with E-state index in [4.69, 9.17) is 14.6 Å². The monoisotopic (exact) mass is 576 g/mol. The van der Waals surface area contributed by atoms with E-state index in [1.165, 1.54) is 86.1 Å². The highest BCUT2D eigenvalue weighted by molar-refractivity contribution is 5.88. The van der Waals surface area contributed by atoms with Gasteiger partial charge >= 0.3 is 11.9 Å². The molecule has 2 aromatic carbocycles. The lowest BCUT2D eigenvalue weighted by molar-refractivity contribution is -0.139. The van der Waals surface area contributed by atoms with Crippen LogP contribution >= 0.6 is 0 Å². The van der Waals surface area contributed by atoms with E-state index < -0.39 is 12.6 Å². The van der Waals surface area contributed by atoms with Crippen molar-refractivity contribution in [3.8, 4) is 0 Å². The molecule has 0 radical (unpaired) electrons. The molecule has 0 heterocycles. The van der Waals surface area contributed by atoms with Gasteiger partial charge in [-0.15, -0.1) is 0 Å². The number of fused-ring (bicyclic) bond motifs is 1. The number of carbonyl (C=O) groups is 2. The smallest absolute Gasteiger partial charge is 0.335 e. The number of aryl methyl sites for hydroxylation is 1. The Hall–Kier alpha value is -2.92. The molecule has 5 nitrogen and oxygen atoms in total. The van der Waals surface area contributed by atoms with Gasteiger partial charge in [-0.3, -0.25) is 0 Å². The maximum Gasteiger partial charge on any atom is 0.335 e. The van der Waals surface area contributed by atoms with E-state index in [-0.39, 0.29) is 24.1 Å². The summed E-state index contributed by atoms with van der Waals surface area (Å²) in [5, 5.41) is 11.8. The van der Waals surface area contributed by atoms with Gasteiger partial charge in [0.25, 0.3) is 0 Å². The van der Waals surface area contributed by atoms with Gasteiger partial charge in [0, 0.05) is 5.57 Å². The molecule has 1 aliphatic carbocycles. The Bertz CT molecular complexity index is 1170. The third-order valence-electron chi connectivity index (χ3n) is 8.83. The van der Waals surface area contributed by atoms with Gasteiger partial charge in [-0.1, -0.05) is 82.2 Å². The molecule has 1 fully saturated rings. The fraction of sp³-hybridized carbons (Fsp3) is 0.568. The molecule has 0 aromatic heterocycles. The molecule has 1 atom stereocenters. The van der Waals surface area contributed by atoms with Crippen LogP contribution in [0.4, 0.5) is 0 Å². The number of aliphatic hydroxyl groups excluding tert-OH is 1. The Labute approximate surface area is 253 Å². The van der Waals surface area contributed by atoms with Crippen molar-refractivity contribution in [2.24, 2.45) is 11.8 Å². The van der Waals surface area contributed by atoms with E-state index in [0.717, 1.165) is 12.8 Å². The van der Waals surface area contributed by atoms with Gasteiger partial charge in [-0.2, -0.15) is 0 Å². The topological polar surface area (TPSA) is 72.8 Å². The molecule has 1 N–H and O–H groups in total. The van der Waals surface area contributed by atoms with Crippen molar-refractivity contribution >= 4 is 22.7 Å². The molecule has 1 unspecified atom stereocenters. The van der Waals surface area contributed by atoms with Gasteiger partial charge in [-0.05, 0) is 104 Å². The minimum Gasteiger partial charge on any atom is -0.462 e. The Morgan fingerprint density at radius 3 is 2.19 bits per heavy atom. The van der Waals surface area contributed by atoms with Crippen molar-refractivity contribution < 1.29 is 24.2 Å². The van der Waals surface area contributed by atoms with Crippen LogP contribution in [0.15, 0.2) is 60.7 Å². The zero-order chi connectivity index (χ0) is 30.3. The van der Waals surface area contributed by atoms with Gasteiger partial charge in [0.15, 0.2) is 0 Å². The summed E-state index contributed by atoms with van der Waals surface area (Å²) < 4.78 is 10.7. The van der Waals surface area contributed by atoms with Crippen LogP contribution in [0, 0.1) is 11.8 Å². The van der Waals surface area contributed by atoms with E-state index in [2.05, 4.69) is 56.5 Å². The van der Waals surface area contributed by atoms with Crippen molar-refractivity contribution in [3.63, 3.8) is 0 Å². The zero-order valence-corrected chi connectivity index (χ0v) is 26.0. The molecule has 0 bridgehead atoms. The first-order chi connectivity index (χ1) is 20.3. The molecule has 0 amide bonds. The lowest BCUT2D eigenvalue weighted by Gasteiger charge is -2.31. The van der Waals surface area contributed by atoms with E-state index in [1.54, 1.807) is 6.92 Å². The summed E-state index contributed by atoms with van der Waals surface area (Å²) in [6, 6.07) is 14.0. The highest BCUT2D eigenvalue weighted by atomic mass is 16.5. The minimum absolute atomic E-state index is 0.0622. The van der Waals surface area contributed by atoms with Crippen LogP contribution in [0.2, 0.25) is 0 Å². The Morgan fingerprint density at radius 2 is 1.52 bits per heavy atom. The molecule has 42 heavy (non-hydrogen) atoms. The number of hydrogen-bond donors (Lipinski definition) is 1. The van der Waals surface area contributed by atoms with Gasteiger partial charge < -0.3 is 14.6 Å². The molecule has 0 aliphatic heterocycles. The van der Waals surface area contributed by atoms with Crippen molar-refractivity contribution in [2.45, 2.75) is 103 Å². The van der Waals surface area contributed by atoms with Crippen LogP contribution in [0.1, 0.15) is 108 Å². The van der Waals surface area contributed by atoms with Crippen LogP contribution in [0.25, 0.3) is 10.8 Å². The van der Waals surface area contributed by atoms with Crippen molar-refractivity contribution in [1.82, 2.24) is 0 Å². The molecule has 5 heteroatoms. The second-order valence-corrected chi connectivity index (χ2v) is 12.3. The van der Waals surface area contributed by atoms with Crippen LogP contribution in [-0.4, -0.2) is 36.9 Å². The summed E-state index contributed by atoms with van der Waals surface area (Å²) >= 11 is 0. The maximum absolute atomic E-state index is 11.9. The molecule has 0 spiro atoms. The minimum atomic E-state index is -0.556. The van der Waals surface area contributed by atoms with Crippen molar-refractivity contribution in [2.75, 3.05) is 19.8 Å². The average Bonchev–Trinajstić information content (AvgIpc) is 3.00. The SMILES string of the molecule is C=C(C)C(=O)OCCC(CCOC(=O)C(=C)CO)CC1CCC(c2ccc3cc(CCCCCCC)ccc3c2)CC1. The molecule has 1 aliphatic rings. The predicted molar refractivity (Wildman–Crippen MR) is 171 cm³/mol. The summed E-state index contributed by atoms with van der Waals surface area (Å²) in [7, 11) is 0. The maximum atomic E-state index is 11.9. The summed E-state index contributed by atoms with van der Waals surface area (Å²) in [5.41, 5.74) is 3.36. The highest BCUT2D eigenvalue weighted by Gasteiger charge is 2.25. The first-order valence-electron chi connectivity index (χ1n) is 16.1. The number of ether oxygens (including phenoxy) is 2. The quantitative estimate of drug-likeness (QED) is 0.109. The number of benzene rings is 2. The van der Waals surface area contributed by atoms with Gasteiger partial charge in [0.05, 0.1) is 25.4 Å².